The van der Waals surface area contributed by atoms with Gasteiger partial charge >= 0.3 is 0 Å². The van der Waals surface area contributed by atoms with Gasteiger partial charge in [0.1, 0.15) is 5.76 Å². The van der Waals surface area contributed by atoms with Crippen molar-refractivity contribution >= 4 is 23.4 Å². The molecule has 1 aromatic heterocycles. The maximum Gasteiger partial charge on any atom is 0.193 e. The second kappa shape index (κ2) is 5.51. The van der Waals surface area contributed by atoms with Crippen LogP contribution in [0.3, 0.4) is 0 Å². The van der Waals surface area contributed by atoms with Crippen LogP contribution in [-0.4, -0.2) is 12.3 Å². The Morgan fingerprint density at radius 1 is 1.50 bits per heavy atom. The maximum absolute atomic E-state index is 5.60. The Bertz CT molecular complexity index is 227. The molecule has 0 aromatic carbocycles. The van der Waals surface area contributed by atoms with Crippen molar-refractivity contribution < 1.29 is 4.42 Å². The van der Waals surface area contributed by atoms with Crippen molar-refractivity contribution in [2.45, 2.75) is 12.2 Å². The minimum atomic E-state index is 0.462. The highest BCUT2D eigenvalue weighted by Crippen LogP contribution is 2.18. The van der Waals surface area contributed by atoms with Gasteiger partial charge < -0.3 is 10.2 Å². The zero-order valence-electron chi connectivity index (χ0n) is 6.75. The molecule has 0 fully saturated rings. The van der Waals surface area contributed by atoms with Gasteiger partial charge in [0, 0.05) is 0 Å². The molecular weight excluding hydrogens is 194 g/mol. The van der Waals surface area contributed by atoms with E-state index < -0.39 is 0 Å². The lowest BCUT2D eigenvalue weighted by Crippen LogP contribution is -1.99. The maximum atomic E-state index is 5.60. The first-order chi connectivity index (χ1) is 5.83. The smallest absolute Gasteiger partial charge is 0.193 e. The summed E-state index contributed by atoms with van der Waals surface area (Å²) in [5.74, 6) is 2.89. The van der Waals surface area contributed by atoms with Gasteiger partial charge in [-0.05, 0) is 42.5 Å². The zero-order valence-corrected chi connectivity index (χ0v) is 8.33. The van der Waals surface area contributed by atoms with Crippen LogP contribution in [0.25, 0.3) is 0 Å². The number of hydrogen-bond donors (Lipinski definition) is 1. The predicted molar refractivity (Wildman–Crippen MR) is 53.6 cm³/mol. The van der Waals surface area contributed by atoms with E-state index in [1.165, 1.54) is 0 Å². The fourth-order valence-corrected chi connectivity index (χ4v) is 1.82. The number of furan rings is 1. The van der Waals surface area contributed by atoms with Crippen molar-refractivity contribution in [1.29, 1.82) is 0 Å². The molecule has 68 valence electrons. The van der Waals surface area contributed by atoms with Crippen LogP contribution >= 0.6 is 23.4 Å². The molecule has 1 heterocycles. The molecule has 0 aliphatic carbocycles. The van der Waals surface area contributed by atoms with Crippen LogP contribution in [0, 0.1) is 0 Å². The Morgan fingerprint density at radius 2 is 2.33 bits per heavy atom. The zero-order chi connectivity index (χ0) is 8.81. The average molecular weight is 206 g/mol. The third-order valence-electron chi connectivity index (χ3n) is 1.37. The number of rotatable bonds is 5. The number of thioether (sulfide) groups is 1. The Kier molecular flexibility index (Phi) is 4.58. The van der Waals surface area contributed by atoms with Gasteiger partial charge in [-0.1, -0.05) is 0 Å². The van der Waals surface area contributed by atoms with Gasteiger partial charge in [-0.25, -0.2) is 0 Å². The van der Waals surface area contributed by atoms with Crippen LogP contribution in [0.5, 0.6) is 0 Å². The molecule has 0 spiro atoms. The van der Waals surface area contributed by atoms with Crippen LogP contribution in [-0.2, 0) is 5.75 Å². The summed E-state index contributed by atoms with van der Waals surface area (Å²) in [6.45, 7) is 0.756. The largest absolute Gasteiger partial charge is 0.449 e. The van der Waals surface area contributed by atoms with Crippen LogP contribution in [0.4, 0.5) is 0 Å². The summed E-state index contributed by atoms with van der Waals surface area (Å²) in [6, 6.07) is 3.66. The summed E-state index contributed by atoms with van der Waals surface area (Å²) in [4.78, 5) is 0. The molecule has 0 saturated heterocycles. The molecule has 1 rings (SSSR count). The Balaban J connectivity index is 2.15. The van der Waals surface area contributed by atoms with Crippen molar-refractivity contribution in [3.05, 3.63) is 23.1 Å². The first-order valence-corrected chi connectivity index (χ1v) is 5.38. The predicted octanol–water partition coefficient (Wildman–Crippen LogP) is 2.52. The van der Waals surface area contributed by atoms with E-state index in [1.807, 2.05) is 17.8 Å². The van der Waals surface area contributed by atoms with Crippen LogP contribution in [0.15, 0.2) is 16.5 Å². The van der Waals surface area contributed by atoms with Gasteiger partial charge in [0.15, 0.2) is 5.22 Å². The summed E-state index contributed by atoms with van der Waals surface area (Å²) in [6.07, 6.45) is 1.05. The summed E-state index contributed by atoms with van der Waals surface area (Å²) >= 11 is 7.42. The van der Waals surface area contributed by atoms with Crippen molar-refractivity contribution in [2.24, 2.45) is 5.73 Å². The molecule has 2 nitrogen and oxygen atoms in total. The minimum absolute atomic E-state index is 0.462. The molecule has 0 aliphatic rings. The van der Waals surface area contributed by atoms with E-state index in [2.05, 4.69) is 0 Å². The van der Waals surface area contributed by atoms with E-state index in [0.717, 1.165) is 30.2 Å². The van der Waals surface area contributed by atoms with Gasteiger partial charge in [-0.2, -0.15) is 11.8 Å². The highest BCUT2D eigenvalue weighted by Gasteiger charge is 1.98. The molecular formula is C8H12ClNOS. The Hall–Kier alpha value is -0.120. The van der Waals surface area contributed by atoms with Gasteiger partial charge in [0.25, 0.3) is 0 Å². The molecule has 0 unspecified atom stereocenters. The summed E-state index contributed by atoms with van der Waals surface area (Å²) < 4.78 is 5.18. The lowest BCUT2D eigenvalue weighted by Gasteiger charge is -1.96. The SMILES string of the molecule is NCCCSCc1ccc(Cl)o1. The molecule has 0 bridgehead atoms. The van der Waals surface area contributed by atoms with E-state index in [0.29, 0.717) is 5.22 Å². The molecule has 4 heteroatoms. The van der Waals surface area contributed by atoms with Crippen LogP contribution < -0.4 is 5.73 Å². The minimum Gasteiger partial charge on any atom is -0.449 e. The van der Waals surface area contributed by atoms with Gasteiger partial charge in [-0.3, -0.25) is 0 Å². The van der Waals surface area contributed by atoms with Crippen LogP contribution in [0.1, 0.15) is 12.2 Å². The number of halogens is 1. The van der Waals surface area contributed by atoms with Crippen molar-refractivity contribution in [3.63, 3.8) is 0 Å². The van der Waals surface area contributed by atoms with Crippen molar-refractivity contribution in [2.75, 3.05) is 12.3 Å². The van der Waals surface area contributed by atoms with Crippen LogP contribution in [0.2, 0.25) is 5.22 Å². The van der Waals surface area contributed by atoms with Crippen molar-refractivity contribution in [3.8, 4) is 0 Å². The first-order valence-electron chi connectivity index (χ1n) is 3.85. The molecule has 12 heavy (non-hydrogen) atoms. The quantitative estimate of drug-likeness (QED) is 0.751. The van der Waals surface area contributed by atoms with E-state index in [1.54, 1.807) is 6.07 Å². The lowest BCUT2D eigenvalue weighted by molar-refractivity contribution is 0.532. The first kappa shape index (κ1) is 9.96. The van der Waals surface area contributed by atoms with Gasteiger partial charge in [-0.15, -0.1) is 0 Å². The molecule has 2 N–H and O–H groups in total. The molecule has 0 aliphatic heterocycles. The third kappa shape index (κ3) is 3.52. The summed E-state index contributed by atoms with van der Waals surface area (Å²) in [5.41, 5.74) is 5.35. The van der Waals surface area contributed by atoms with E-state index in [-0.39, 0.29) is 0 Å². The second-order valence-corrected chi connectivity index (χ2v) is 3.88. The highest BCUT2D eigenvalue weighted by atomic mass is 35.5. The number of nitrogens with two attached hydrogens (primary N) is 1. The standard InChI is InChI=1S/C8H12ClNOS/c9-8-3-2-7(11-8)6-12-5-1-4-10/h2-3H,1,4-6,10H2. The third-order valence-corrected chi connectivity index (χ3v) is 2.64. The van der Waals surface area contributed by atoms with Gasteiger partial charge in [0.2, 0.25) is 0 Å². The van der Waals surface area contributed by atoms with Crippen molar-refractivity contribution in [1.82, 2.24) is 0 Å². The Morgan fingerprint density at radius 3 is 2.92 bits per heavy atom. The molecule has 0 saturated carbocycles. The van der Waals surface area contributed by atoms with E-state index in [4.69, 9.17) is 21.8 Å². The fourth-order valence-electron chi connectivity index (χ4n) is 0.787. The summed E-state index contributed by atoms with van der Waals surface area (Å²) in [7, 11) is 0. The van der Waals surface area contributed by atoms with E-state index >= 15 is 0 Å². The molecule has 0 amide bonds. The summed E-state index contributed by atoms with van der Waals surface area (Å²) in [5, 5.41) is 0.462. The lowest BCUT2D eigenvalue weighted by atomic mass is 10.5. The average Bonchev–Trinajstić information content (AvgIpc) is 2.45. The fraction of sp³-hybridized carbons (Fsp3) is 0.500. The molecule has 0 atom stereocenters. The second-order valence-electron chi connectivity index (χ2n) is 2.40. The monoisotopic (exact) mass is 205 g/mol. The van der Waals surface area contributed by atoms with Gasteiger partial charge in [0.05, 0.1) is 5.75 Å². The van der Waals surface area contributed by atoms with E-state index in [9.17, 15) is 0 Å². The Labute approximate surface area is 81.5 Å². The molecule has 0 radical (unpaired) electrons. The highest BCUT2D eigenvalue weighted by molar-refractivity contribution is 7.98. The molecule has 1 aromatic rings. The number of hydrogen-bond acceptors (Lipinski definition) is 3. The normalized spacial score (nSPS) is 10.5. The topological polar surface area (TPSA) is 39.2 Å².